The Kier molecular flexibility index (Phi) is 6.32. The lowest BCUT2D eigenvalue weighted by Gasteiger charge is -2.36. The van der Waals surface area contributed by atoms with Crippen LogP contribution in [0.15, 0.2) is 42.5 Å². The number of anilines is 1. The number of nitrogens with one attached hydrogen (secondary N) is 1. The van der Waals surface area contributed by atoms with Gasteiger partial charge in [0.15, 0.2) is 0 Å². The minimum absolute atomic E-state index is 0.0849. The third-order valence-electron chi connectivity index (χ3n) is 6.08. The minimum Gasteiger partial charge on any atom is -0.335 e. The quantitative estimate of drug-likeness (QED) is 0.725. The standard InChI is InChI=1S/C24H27F2N3O2/c25-18-11-17(12-19(26)13-18)23(30)28-21-7-1-15(2-8-21)14-29(24(31)16-3-4-16)22-9-5-20(27)6-10-22/h1-2,7-8,11-13,16,20,22H,3-6,9-10,14,27H2,(H,28,30). The number of nitrogens with zero attached hydrogens (tertiary/aromatic N) is 1. The summed E-state index contributed by atoms with van der Waals surface area (Å²) in [6, 6.07) is 10.3. The molecule has 0 spiro atoms. The van der Waals surface area contributed by atoms with E-state index in [4.69, 9.17) is 5.73 Å². The maximum Gasteiger partial charge on any atom is 0.255 e. The van der Waals surface area contributed by atoms with E-state index < -0.39 is 17.5 Å². The zero-order chi connectivity index (χ0) is 22.0. The normalized spacial score (nSPS) is 20.9. The minimum atomic E-state index is -0.801. The molecule has 0 saturated heterocycles. The summed E-state index contributed by atoms with van der Waals surface area (Å²) in [6.07, 6.45) is 5.66. The van der Waals surface area contributed by atoms with Crippen LogP contribution in [0.5, 0.6) is 0 Å². The molecule has 0 aromatic heterocycles. The van der Waals surface area contributed by atoms with Crippen LogP contribution in [0.3, 0.4) is 0 Å². The molecular formula is C24H27F2N3O2. The molecule has 3 N–H and O–H groups in total. The highest BCUT2D eigenvalue weighted by atomic mass is 19.1. The summed E-state index contributed by atoms with van der Waals surface area (Å²) in [7, 11) is 0. The average Bonchev–Trinajstić information content (AvgIpc) is 3.58. The smallest absolute Gasteiger partial charge is 0.255 e. The summed E-state index contributed by atoms with van der Waals surface area (Å²) < 4.78 is 26.7. The first-order valence-electron chi connectivity index (χ1n) is 10.8. The van der Waals surface area contributed by atoms with Crippen LogP contribution in [0.25, 0.3) is 0 Å². The Bertz CT molecular complexity index is 932. The average molecular weight is 427 g/mol. The number of halogens is 2. The Balaban J connectivity index is 1.42. The van der Waals surface area contributed by atoms with Crippen molar-refractivity contribution in [3.63, 3.8) is 0 Å². The lowest BCUT2D eigenvalue weighted by molar-refractivity contribution is -0.136. The molecule has 0 radical (unpaired) electrons. The zero-order valence-corrected chi connectivity index (χ0v) is 17.3. The molecule has 2 aromatic carbocycles. The molecule has 7 heteroatoms. The zero-order valence-electron chi connectivity index (χ0n) is 17.3. The predicted molar refractivity (Wildman–Crippen MR) is 114 cm³/mol. The van der Waals surface area contributed by atoms with Crippen molar-refractivity contribution < 1.29 is 18.4 Å². The highest BCUT2D eigenvalue weighted by molar-refractivity contribution is 6.04. The van der Waals surface area contributed by atoms with Gasteiger partial charge in [0.1, 0.15) is 11.6 Å². The molecule has 0 bridgehead atoms. The summed E-state index contributed by atoms with van der Waals surface area (Å²) in [5, 5.41) is 2.65. The van der Waals surface area contributed by atoms with E-state index in [-0.39, 0.29) is 29.5 Å². The molecule has 5 nitrogen and oxygen atoms in total. The molecule has 2 aliphatic rings. The van der Waals surface area contributed by atoms with E-state index in [0.29, 0.717) is 12.2 Å². The van der Waals surface area contributed by atoms with Gasteiger partial charge in [-0.25, -0.2) is 8.78 Å². The molecule has 0 heterocycles. The first kappa shape index (κ1) is 21.4. The molecule has 0 atom stereocenters. The molecule has 2 fully saturated rings. The number of benzene rings is 2. The molecule has 31 heavy (non-hydrogen) atoms. The summed E-state index contributed by atoms with van der Waals surface area (Å²) in [4.78, 5) is 27.2. The van der Waals surface area contributed by atoms with Crippen molar-refractivity contribution in [2.24, 2.45) is 11.7 Å². The molecule has 2 amide bonds. The van der Waals surface area contributed by atoms with Crippen molar-refractivity contribution in [3.05, 3.63) is 65.2 Å². The third kappa shape index (κ3) is 5.47. The third-order valence-corrected chi connectivity index (χ3v) is 6.08. The van der Waals surface area contributed by atoms with Crippen molar-refractivity contribution in [1.82, 2.24) is 4.90 Å². The number of carbonyl (C=O) groups excluding carboxylic acids is 2. The van der Waals surface area contributed by atoms with Gasteiger partial charge in [-0.1, -0.05) is 12.1 Å². The number of hydrogen-bond donors (Lipinski definition) is 2. The van der Waals surface area contributed by atoms with Crippen LogP contribution in [-0.4, -0.2) is 28.8 Å². The number of amides is 2. The van der Waals surface area contributed by atoms with Gasteiger partial charge in [-0.15, -0.1) is 0 Å². The van der Waals surface area contributed by atoms with Crippen LogP contribution in [0, 0.1) is 17.6 Å². The van der Waals surface area contributed by atoms with Gasteiger partial charge in [-0.3, -0.25) is 9.59 Å². The fourth-order valence-electron chi connectivity index (χ4n) is 4.14. The highest BCUT2D eigenvalue weighted by Crippen LogP contribution is 2.34. The van der Waals surface area contributed by atoms with E-state index in [0.717, 1.165) is 62.3 Å². The maximum absolute atomic E-state index is 13.3. The number of nitrogens with two attached hydrogens (primary N) is 1. The summed E-state index contributed by atoms with van der Waals surface area (Å²) >= 11 is 0. The number of carbonyl (C=O) groups is 2. The summed E-state index contributed by atoms with van der Waals surface area (Å²) in [5.41, 5.74) is 7.44. The Hall–Kier alpha value is -2.80. The second-order valence-electron chi connectivity index (χ2n) is 8.62. The molecule has 2 aliphatic carbocycles. The molecule has 4 rings (SSSR count). The van der Waals surface area contributed by atoms with Gasteiger partial charge in [-0.2, -0.15) is 0 Å². The second kappa shape index (κ2) is 9.14. The van der Waals surface area contributed by atoms with Gasteiger partial charge in [0.05, 0.1) is 0 Å². The van der Waals surface area contributed by atoms with Crippen molar-refractivity contribution in [3.8, 4) is 0 Å². The first-order valence-corrected chi connectivity index (χ1v) is 10.8. The fraction of sp³-hybridized carbons (Fsp3) is 0.417. The summed E-state index contributed by atoms with van der Waals surface area (Å²) in [5.74, 6) is -1.81. The first-order chi connectivity index (χ1) is 14.9. The van der Waals surface area contributed by atoms with E-state index in [1.54, 1.807) is 12.1 Å². The van der Waals surface area contributed by atoms with Crippen LogP contribution < -0.4 is 11.1 Å². The molecular weight excluding hydrogens is 400 g/mol. The topological polar surface area (TPSA) is 75.4 Å². The Morgan fingerprint density at radius 1 is 0.935 bits per heavy atom. The van der Waals surface area contributed by atoms with Crippen LogP contribution in [0.2, 0.25) is 0 Å². The van der Waals surface area contributed by atoms with Gasteiger partial charge in [0.2, 0.25) is 5.91 Å². The fourth-order valence-corrected chi connectivity index (χ4v) is 4.14. The molecule has 164 valence electrons. The van der Waals surface area contributed by atoms with E-state index in [1.165, 1.54) is 0 Å². The predicted octanol–water partition coefficient (Wildman–Crippen LogP) is 4.23. The largest absolute Gasteiger partial charge is 0.335 e. The van der Waals surface area contributed by atoms with E-state index >= 15 is 0 Å². The van der Waals surface area contributed by atoms with Crippen molar-refractivity contribution in [2.75, 3.05) is 5.32 Å². The van der Waals surface area contributed by atoms with E-state index in [1.807, 2.05) is 17.0 Å². The van der Waals surface area contributed by atoms with Crippen molar-refractivity contribution >= 4 is 17.5 Å². The maximum atomic E-state index is 13.3. The highest BCUT2D eigenvalue weighted by Gasteiger charge is 2.37. The van der Waals surface area contributed by atoms with Crippen molar-refractivity contribution in [1.29, 1.82) is 0 Å². The van der Waals surface area contributed by atoms with Gasteiger partial charge in [0, 0.05) is 41.9 Å². The van der Waals surface area contributed by atoms with Crippen LogP contribution in [0.4, 0.5) is 14.5 Å². The monoisotopic (exact) mass is 427 g/mol. The Labute approximate surface area is 180 Å². The van der Waals surface area contributed by atoms with Crippen LogP contribution >= 0.6 is 0 Å². The van der Waals surface area contributed by atoms with Gasteiger partial charge < -0.3 is 16.0 Å². The van der Waals surface area contributed by atoms with Gasteiger partial charge in [0.25, 0.3) is 5.91 Å². The molecule has 2 aromatic rings. The Morgan fingerprint density at radius 3 is 2.13 bits per heavy atom. The number of rotatable bonds is 6. The van der Waals surface area contributed by atoms with Gasteiger partial charge in [-0.05, 0) is 68.4 Å². The van der Waals surface area contributed by atoms with E-state index in [9.17, 15) is 18.4 Å². The van der Waals surface area contributed by atoms with Crippen molar-refractivity contribution in [2.45, 2.75) is 57.2 Å². The SMILES string of the molecule is NC1CCC(N(Cc2ccc(NC(=O)c3cc(F)cc(F)c3)cc2)C(=O)C2CC2)CC1. The van der Waals surface area contributed by atoms with E-state index in [2.05, 4.69) is 5.32 Å². The lowest BCUT2D eigenvalue weighted by atomic mass is 9.90. The van der Waals surface area contributed by atoms with Crippen LogP contribution in [0.1, 0.15) is 54.4 Å². The summed E-state index contributed by atoms with van der Waals surface area (Å²) in [6.45, 7) is 0.526. The van der Waals surface area contributed by atoms with Gasteiger partial charge >= 0.3 is 0 Å². The number of hydrogen-bond acceptors (Lipinski definition) is 3. The molecule has 0 unspecified atom stereocenters. The molecule has 0 aliphatic heterocycles. The Morgan fingerprint density at radius 2 is 1.55 bits per heavy atom. The van der Waals surface area contributed by atoms with Crippen LogP contribution in [-0.2, 0) is 11.3 Å². The second-order valence-corrected chi connectivity index (χ2v) is 8.62. The lowest BCUT2D eigenvalue weighted by Crippen LogP contribution is -2.44. The molecule has 2 saturated carbocycles.